The molecule has 0 amide bonds. The molecule has 0 N–H and O–H groups in total. The van der Waals surface area contributed by atoms with Crippen molar-refractivity contribution in [1.82, 2.24) is 0 Å². The van der Waals surface area contributed by atoms with Crippen LogP contribution in [0.3, 0.4) is 0 Å². The molecule has 0 saturated heterocycles. The van der Waals surface area contributed by atoms with Crippen molar-refractivity contribution in [3.05, 3.63) is 71.3 Å². The molecule has 0 spiro atoms. The minimum atomic E-state index is 0.581. The van der Waals surface area contributed by atoms with Crippen LogP contribution in [0.4, 0.5) is 0 Å². The standard InChI is InChI=1S/C34H52O2/c1-23(10-20-32(36-8)34-26(4)22-27(34)5)9-12-29-13-15-30(16-14-29)17-19-31(18-11-28(6)35-7)33-24(2)21-25(33)3/h9-12,17-20,24-27,29-30,33-34H,13-16,21-22H2,1-8H3/b12-9+,19-17+,23-10+,28-11+,31-18-,32-20+/t24-,25?,26-,27?,29?,30?,33?,34?/m0/s1. The number of methoxy groups -OCH3 is 2. The first-order valence-electron chi connectivity index (χ1n) is 14.4. The lowest BCUT2D eigenvalue weighted by Crippen LogP contribution is -2.34. The highest BCUT2D eigenvalue weighted by Gasteiger charge is 2.38. The van der Waals surface area contributed by atoms with E-state index in [0.717, 1.165) is 35.2 Å². The van der Waals surface area contributed by atoms with E-state index in [1.165, 1.54) is 49.7 Å². The molecule has 0 aromatic heterocycles. The predicted octanol–water partition coefficient (Wildman–Crippen LogP) is 9.44. The van der Waals surface area contributed by atoms with Crippen molar-refractivity contribution in [2.24, 2.45) is 47.3 Å². The first kappa shape index (κ1) is 28.6. The highest BCUT2D eigenvalue weighted by Crippen LogP contribution is 2.46. The Morgan fingerprint density at radius 2 is 1.14 bits per heavy atom. The molecule has 0 aromatic rings. The second-order valence-electron chi connectivity index (χ2n) is 12.2. The first-order chi connectivity index (χ1) is 17.2. The topological polar surface area (TPSA) is 18.5 Å². The smallest absolute Gasteiger partial charge is 0.0991 e. The SMILES string of the molecule is CO/C(C)=C/C=C(/C=C/C1CCC(/C=C/C(C)=C/C=C(/OC)C2C(C)C[C@@H]2C)CC1)C1C(C)C[C@@H]1C. The average Bonchev–Trinajstić information content (AvgIpc) is 2.86. The van der Waals surface area contributed by atoms with E-state index in [-0.39, 0.29) is 0 Å². The maximum absolute atomic E-state index is 5.73. The van der Waals surface area contributed by atoms with Crippen LogP contribution in [-0.2, 0) is 9.47 Å². The fraction of sp³-hybridized carbons (Fsp3) is 0.647. The molecule has 2 heteroatoms. The van der Waals surface area contributed by atoms with E-state index in [9.17, 15) is 0 Å². The lowest BCUT2D eigenvalue weighted by atomic mass is 9.63. The Kier molecular flexibility index (Phi) is 10.8. The van der Waals surface area contributed by atoms with Gasteiger partial charge in [0.25, 0.3) is 0 Å². The highest BCUT2D eigenvalue weighted by molar-refractivity contribution is 5.30. The van der Waals surface area contributed by atoms with Crippen LogP contribution < -0.4 is 0 Å². The van der Waals surface area contributed by atoms with Gasteiger partial charge in [-0.25, -0.2) is 0 Å². The Morgan fingerprint density at radius 1 is 0.611 bits per heavy atom. The third-order valence-electron chi connectivity index (χ3n) is 9.24. The van der Waals surface area contributed by atoms with Gasteiger partial charge in [-0.3, -0.25) is 0 Å². The summed E-state index contributed by atoms with van der Waals surface area (Å²) in [5.74, 6) is 7.80. The average molecular weight is 493 g/mol. The zero-order valence-corrected chi connectivity index (χ0v) is 24.3. The maximum Gasteiger partial charge on any atom is 0.0991 e. The van der Waals surface area contributed by atoms with Gasteiger partial charge < -0.3 is 9.47 Å². The molecule has 3 fully saturated rings. The van der Waals surface area contributed by atoms with Crippen molar-refractivity contribution in [2.45, 2.75) is 80.1 Å². The van der Waals surface area contributed by atoms with Crippen LogP contribution >= 0.6 is 0 Å². The van der Waals surface area contributed by atoms with Crippen molar-refractivity contribution < 1.29 is 9.47 Å². The molecule has 0 radical (unpaired) electrons. The highest BCUT2D eigenvalue weighted by atomic mass is 16.5. The van der Waals surface area contributed by atoms with E-state index in [0.29, 0.717) is 23.7 Å². The van der Waals surface area contributed by atoms with Crippen LogP contribution in [0.25, 0.3) is 0 Å². The van der Waals surface area contributed by atoms with Gasteiger partial charge in [0.1, 0.15) is 0 Å². The molecule has 200 valence electrons. The fourth-order valence-corrected chi connectivity index (χ4v) is 6.92. The van der Waals surface area contributed by atoms with E-state index < -0.39 is 0 Å². The summed E-state index contributed by atoms with van der Waals surface area (Å²) in [6.07, 6.45) is 26.4. The molecule has 0 aliphatic heterocycles. The molecule has 4 unspecified atom stereocenters. The van der Waals surface area contributed by atoms with Crippen LogP contribution in [0.5, 0.6) is 0 Å². The van der Waals surface area contributed by atoms with E-state index >= 15 is 0 Å². The molecular weight excluding hydrogens is 440 g/mol. The van der Waals surface area contributed by atoms with Gasteiger partial charge in [-0.1, -0.05) is 69.7 Å². The van der Waals surface area contributed by atoms with Crippen molar-refractivity contribution in [3.8, 4) is 0 Å². The molecule has 3 saturated carbocycles. The summed E-state index contributed by atoms with van der Waals surface area (Å²) in [6.45, 7) is 13.7. The summed E-state index contributed by atoms with van der Waals surface area (Å²) in [4.78, 5) is 0. The van der Waals surface area contributed by atoms with Gasteiger partial charge in [0, 0.05) is 5.92 Å². The van der Waals surface area contributed by atoms with Gasteiger partial charge in [0.05, 0.1) is 25.7 Å². The normalized spacial score (nSPS) is 36.7. The van der Waals surface area contributed by atoms with E-state index in [2.05, 4.69) is 83.2 Å². The second kappa shape index (κ2) is 13.5. The Balaban J connectivity index is 1.53. The number of hydrogen-bond donors (Lipinski definition) is 0. The molecule has 0 bridgehead atoms. The predicted molar refractivity (Wildman–Crippen MR) is 154 cm³/mol. The summed E-state index contributed by atoms with van der Waals surface area (Å²) < 4.78 is 11.1. The van der Waals surface area contributed by atoms with Crippen LogP contribution in [0.2, 0.25) is 0 Å². The monoisotopic (exact) mass is 492 g/mol. The Morgan fingerprint density at radius 3 is 1.61 bits per heavy atom. The quantitative estimate of drug-likeness (QED) is 0.223. The Hall–Kier alpha value is -1.96. The molecule has 2 nitrogen and oxygen atoms in total. The van der Waals surface area contributed by atoms with Gasteiger partial charge in [0.2, 0.25) is 0 Å². The number of allylic oxidation sites excluding steroid dienone is 12. The van der Waals surface area contributed by atoms with Gasteiger partial charge >= 0.3 is 0 Å². The lowest BCUT2D eigenvalue weighted by Gasteiger charge is -2.42. The van der Waals surface area contributed by atoms with Gasteiger partial charge in [0.15, 0.2) is 0 Å². The van der Waals surface area contributed by atoms with Gasteiger partial charge in [-0.2, -0.15) is 0 Å². The van der Waals surface area contributed by atoms with Crippen LogP contribution in [0, 0.1) is 47.3 Å². The third kappa shape index (κ3) is 7.53. The number of hydrogen-bond acceptors (Lipinski definition) is 2. The molecular formula is C34H52O2. The van der Waals surface area contributed by atoms with Gasteiger partial charge in [-0.05, 0) is 112 Å². The Labute approximate surface area is 222 Å². The van der Waals surface area contributed by atoms with E-state index in [4.69, 9.17) is 9.47 Å². The van der Waals surface area contributed by atoms with Crippen LogP contribution in [0.15, 0.2) is 71.3 Å². The van der Waals surface area contributed by atoms with Crippen LogP contribution in [0.1, 0.15) is 80.1 Å². The minimum absolute atomic E-state index is 0.581. The van der Waals surface area contributed by atoms with Gasteiger partial charge in [-0.15, -0.1) is 0 Å². The zero-order valence-electron chi connectivity index (χ0n) is 24.3. The first-order valence-corrected chi connectivity index (χ1v) is 14.4. The van der Waals surface area contributed by atoms with Crippen LogP contribution in [-0.4, -0.2) is 14.2 Å². The molecule has 6 atom stereocenters. The lowest BCUT2D eigenvalue weighted by molar-refractivity contribution is 0.0743. The summed E-state index contributed by atoms with van der Waals surface area (Å²) in [6, 6.07) is 0. The minimum Gasteiger partial charge on any atom is -0.501 e. The molecule has 36 heavy (non-hydrogen) atoms. The number of ether oxygens (including phenoxy) is 2. The van der Waals surface area contributed by atoms with Crippen molar-refractivity contribution in [2.75, 3.05) is 14.2 Å². The van der Waals surface area contributed by atoms with Crippen molar-refractivity contribution in [1.29, 1.82) is 0 Å². The molecule has 3 aliphatic carbocycles. The van der Waals surface area contributed by atoms with Crippen molar-refractivity contribution >= 4 is 0 Å². The summed E-state index contributed by atoms with van der Waals surface area (Å²) in [5, 5.41) is 0. The second-order valence-corrected chi connectivity index (χ2v) is 12.2. The summed E-state index contributed by atoms with van der Waals surface area (Å²) >= 11 is 0. The van der Waals surface area contributed by atoms with Crippen molar-refractivity contribution in [3.63, 3.8) is 0 Å². The molecule has 3 rings (SSSR count). The molecule has 0 heterocycles. The zero-order chi connectivity index (χ0) is 26.2. The number of rotatable bonds is 10. The Bertz CT molecular complexity index is 874. The largest absolute Gasteiger partial charge is 0.501 e. The molecule has 0 aromatic carbocycles. The molecule has 3 aliphatic rings. The summed E-state index contributed by atoms with van der Waals surface area (Å²) in [7, 11) is 3.57. The fourth-order valence-electron chi connectivity index (χ4n) is 6.92. The third-order valence-corrected chi connectivity index (χ3v) is 9.24. The van der Waals surface area contributed by atoms with E-state index in [1.807, 2.05) is 14.0 Å². The maximum atomic E-state index is 5.73. The van der Waals surface area contributed by atoms with E-state index in [1.54, 1.807) is 7.11 Å². The summed E-state index contributed by atoms with van der Waals surface area (Å²) in [5.41, 5.74) is 2.79.